The van der Waals surface area contributed by atoms with Crippen LogP contribution in [0.5, 0.6) is 0 Å². The molecular formula is C21H21NO2S2. The normalized spacial score (nSPS) is 16.3. The predicted molar refractivity (Wildman–Crippen MR) is 107 cm³/mol. The standard InChI is InChI=1S/C21H21NO2S2/c1-13-3-6-15(7-4-13)20-22-17(12-25-20)11-24-21(23)19-10-16-9-14(2)5-8-18(16)26-19/h3-4,6-7,10,12,14H,5,8-9,11H2,1-2H3/t14-/m1/s1. The molecule has 0 fully saturated rings. The average molecular weight is 384 g/mol. The summed E-state index contributed by atoms with van der Waals surface area (Å²) in [5.41, 5.74) is 4.45. The first-order valence-corrected chi connectivity index (χ1v) is 10.6. The zero-order valence-corrected chi connectivity index (χ0v) is 16.6. The van der Waals surface area contributed by atoms with Gasteiger partial charge in [0.25, 0.3) is 0 Å². The Morgan fingerprint density at radius 1 is 1.31 bits per heavy atom. The second kappa shape index (κ2) is 7.33. The SMILES string of the molecule is Cc1ccc(-c2nc(COC(=O)c3cc4c(s3)CC[C@@H](C)C4)cs2)cc1. The minimum Gasteiger partial charge on any atom is -0.455 e. The fourth-order valence-corrected chi connectivity index (χ4v) is 5.13. The molecule has 5 heteroatoms. The topological polar surface area (TPSA) is 39.2 Å². The van der Waals surface area contributed by atoms with Crippen molar-refractivity contribution in [1.82, 2.24) is 4.98 Å². The number of aromatic nitrogens is 1. The van der Waals surface area contributed by atoms with Crippen LogP contribution in [-0.4, -0.2) is 11.0 Å². The highest BCUT2D eigenvalue weighted by Crippen LogP contribution is 2.32. The Hall–Kier alpha value is -1.98. The monoisotopic (exact) mass is 383 g/mol. The Bertz CT molecular complexity index is 924. The summed E-state index contributed by atoms with van der Waals surface area (Å²) < 4.78 is 5.50. The number of rotatable bonds is 4. The van der Waals surface area contributed by atoms with Crippen molar-refractivity contribution in [2.75, 3.05) is 0 Å². The van der Waals surface area contributed by atoms with Crippen molar-refractivity contribution in [2.45, 2.75) is 39.7 Å². The first-order chi connectivity index (χ1) is 12.6. The summed E-state index contributed by atoms with van der Waals surface area (Å²) in [6.45, 7) is 4.56. The van der Waals surface area contributed by atoms with Crippen LogP contribution in [0, 0.1) is 12.8 Å². The quantitative estimate of drug-likeness (QED) is 0.546. The number of carbonyl (C=O) groups is 1. The molecule has 134 valence electrons. The highest BCUT2D eigenvalue weighted by molar-refractivity contribution is 7.14. The minimum atomic E-state index is -0.234. The van der Waals surface area contributed by atoms with E-state index in [0.29, 0.717) is 5.92 Å². The molecule has 1 aliphatic rings. The fourth-order valence-electron chi connectivity index (χ4n) is 3.22. The Morgan fingerprint density at radius 3 is 2.92 bits per heavy atom. The van der Waals surface area contributed by atoms with Crippen LogP contribution in [0.15, 0.2) is 35.7 Å². The van der Waals surface area contributed by atoms with Gasteiger partial charge in [-0.25, -0.2) is 9.78 Å². The highest BCUT2D eigenvalue weighted by Gasteiger charge is 2.21. The van der Waals surface area contributed by atoms with Crippen molar-refractivity contribution in [3.05, 3.63) is 62.3 Å². The molecule has 1 atom stereocenters. The lowest BCUT2D eigenvalue weighted by Gasteiger charge is -2.16. The van der Waals surface area contributed by atoms with Crippen molar-refractivity contribution >= 4 is 28.6 Å². The number of ether oxygens (including phenoxy) is 1. The molecule has 2 heterocycles. The first kappa shape index (κ1) is 17.4. The van der Waals surface area contributed by atoms with Gasteiger partial charge >= 0.3 is 5.97 Å². The summed E-state index contributed by atoms with van der Waals surface area (Å²) >= 11 is 3.17. The first-order valence-electron chi connectivity index (χ1n) is 8.88. The van der Waals surface area contributed by atoms with Gasteiger partial charge in [0.05, 0.1) is 5.69 Å². The number of thiophene rings is 1. The number of carbonyl (C=O) groups excluding carboxylic acids is 1. The second-order valence-electron chi connectivity index (χ2n) is 6.99. The number of fused-ring (bicyclic) bond motifs is 1. The smallest absolute Gasteiger partial charge is 0.348 e. The zero-order chi connectivity index (χ0) is 18.1. The van der Waals surface area contributed by atoms with E-state index in [9.17, 15) is 4.79 Å². The van der Waals surface area contributed by atoms with Crippen LogP contribution in [-0.2, 0) is 24.2 Å². The molecule has 3 aromatic rings. The van der Waals surface area contributed by atoms with Gasteiger partial charge in [-0.15, -0.1) is 22.7 Å². The van der Waals surface area contributed by atoms with Crippen LogP contribution in [0.2, 0.25) is 0 Å². The van der Waals surface area contributed by atoms with Crippen molar-refractivity contribution in [1.29, 1.82) is 0 Å². The molecule has 0 radical (unpaired) electrons. The van der Waals surface area contributed by atoms with Gasteiger partial charge in [-0.1, -0.05) is 36.8 Å². The summed E-state index contributed by atoms with van der Waals surface area (Å²) in [6.07, 6.45) is 3.37. The zero-order valence-electron chi connectivity index (χ0n) is 15.0. The lowest BCUT2D eigenvalue weighted by Crippen LogP contribution is -2.08. The van der Waals surface area contributed by atoms with E-state index in [1.54, 1.807) is 22.7 Å². The van der Waals surface area contributed by atoms with Crippen molar-refractivity contribution in [3.63, 3.8) is 0 Å². The Kier molecular flexibility index (Phi) is 4.92. The molecule has 0 bridgehead atoms. The molecule has 0 unspecified atom stereocenters. The molecule has 4 rings (SSSR count). The molecular weight excluding hydrogens is 362 g/mol. The van der Waals surface area contributed by atoms with Gasteiger partial charge in [-0.05, 0) is 43.7 Å². The summed E-state index contributed by atoms with van der Waals surface area (Å²) in [5.74, 6) is 0.470. The van der Waals surface area contributed by atoms with E-state index in [-0.39, 0.29) is 12.6 Å². The molecule has 2 aromatic heterocycles. The predicted octanol–water partition coefficient (Wildman–Crippen LogP) is 5.66. The molecule has 0 spiro atoms. The van der Waals surface area contributed by atoms with E-state index < -0.39 is 0 Å². The second-order valence-corrected chi connectivity index (χ2v) is 8.99. The van der Waals surface area contributed by atoms with E-state index in [4.69, 9.17) is 4.74 Å². The molecule has 0 saturated heterocycles. The molecule has 0 saturated carbocycles. The van der Waals surface area contributed by atoms with Gasteiger partial charge in [0.1, 0.15) is 16.5 Å². The van der Waals surface area contributed by atoms with Crippen LogP contribution in [0.4, 0.5) is 0 Å². The van der Waals surface area contributed by atoms with Gasteiger partial charge in [0.2, 0.25) is 0 Å². The molecule has 1 aliphatic carbocycles. The minimum absolute atomic E-state index is 0.222. The third-order valence-corrected chi connectivity index (χ3v) is 6.89. The van der Waals surface area contributed by atoms with Crippen LogP contribution in [0.1, 0.15) is 44.7 Å². The van der Waals surface area contributed by atoms with Crippen molar-refractivity contribution in [3.8, 4) is 10.6 Å². The molecule has 26 heavy (non-hydrogen) atoms. The Labute approximate surface area is 161 Å². The number of hydrogen-bond acceptors (Lipinski definition) is 5. The van der Waals surface area contributed by atoms with E-state index in [1.165, 1.54) is 22.4 Å². The van der Waals surface area contributed by atoms with Crippen LogP contribution >= 0.6 is 22.7 Å². The summed E-state index contributed by atoms with van der Waals surface area (Å²) in [5, 5.41) is 2.92. The number of hydrogen-bond donors (Lipinski definition) is 0. The number of aryl methyl sites for hydroxylation is 2. The summed E-state index contributed by atoms with van der Waals surface area (Å²) in [4.78, 5) is 19.1. The third-order valence-electron chi connectivity index (χ3n) is 4.73. The van der Waals surface area contributed by atoms with E-state index in [2.05, 4.69) is 43.1 Å². The van der Waals surface area contributed by atoms with Crippen LogP contribution in [0.25, 0.3) is 10.6 Å². The van der Waals surface area contributed by atoms with Gasteiger partial charge in [0, 0.05) is 15.8 Å². The maximum absolute atomic E-state index is 12.4. The van der Waals surface area contributed by atoms with Crippen molar-refractivity contribution in [2.24, 2.45) is 5.92 Å². The van der Waals surface area contributed by atoms with Gasteiger partial charge < -0.3 is 4.74 Å². The third kappa shape index (κ3) is 3.74. The molecule has 1 aromatic carbocycles. The largest absolute Gasteiger partial charge is 0.455 e. The van der Waals surface area contributed by atoms with Crippen molar-refractivity contribution < 1.29 is 9.53 Å². The molecule has 0 N–H and O–H groups in total. The lowest BCUT2D eigenvalue weighted by atomic mass is 9.90. The number of nitrogens with zero attached hydrogens (tertiary/aromatic N) is 1. The van der Waals surface area contributed by atoms with Crippen LogP contribution in [0.3, 0.4) is 0 Å². The maximum atomic E-state index is 12.4. The Morgan fingerprint density at radius 2 is 2.12 bits per heavy atom. The Balaban J connectivity index is 1.40. The lowest BCUT2D eigenvalue weighted by molar-refractivity contribution is 0.0474. The fraction of sp³-hybridized carbons (Fsp3) is 0.333. The van der Waals surface area contributed by atoms with E-state index >= 15 is 0 Å². The molecule has 0 amide bonds. The number of benzene rings is 1. The van der Waals surface area contributed by atoms with Gasteiger partial charge in [-0.3, -0.25) is 0 Å². The summed E-state index contributed by atoms with van der Waals surface area (Å²) in [7, 11) is 0. The number of esters is 1. The maximum Gasteiger partial charge on any atom is 0.348 e. The molecule has 3 nitrogen and oxygen atoms in total. The van der Waals surface area contributed by atoms with Gasteiger partial charge in [0.15, 0.2) is 0 Å². The van der Waals surface area contributed by atoms with Crippen LogP contribution < -0.4 is 0 Å². The highest BCUT2D eigenvalue weighted by atomic mass is 32.1. The van der Waals surface area contributed by atoms with Gasteiger partial charge in [-0.2, -0.15) is 0 Å². The van der Waals surface area contributed by atoms with E-state index in [0.717, 1.165) is 34.0 Å². The summed E-state index contributed by atoms with van der Waals surface area (Å²) in [6, 6.07) is 10.3. The average Bonchev–Trinajstić information content (AvgIpc) is 3.27. The van der Waals surface area contributed by atoms with E-state index in [1.807, 2.05) is 11.4 Å². The molecule has 0 aliphatic heterocycles. The number of thiazole rings is 1.